The van der Waals surface area contributed by atoms with Crippen molar-refractivity contribution < 1.29 is 4.39 Å². The number of aryl methyl sites for hydroxylation is 1. The van der Waals surface area contributed by atoms with Crippen LogP contribution in [0.25, 0.3) is 0 Å². The Kier molecular flexibility index (Phi) is 3.83. The van der Waals surface area contributed by atoms with E-state index in [2.05, 4.69) is 36.5 Å². The highest BCUT2D eigenvalue weighted by Crippen LogP contribution is 2.38. The first-order valence-electron chi connectivity index (χ1n) is 7.26. The third kappa shape index (κ3) is 2.91. The Morgan fingerprint density at radius 3 is 2.65 bits per heavy atom. The SMILES string of the molecule is Cc1cccc(CNC2CC(c3ccccc3F)C2)c1. The lowest BCUT2D eigenvalue weighted by Gasteiger charge is -2.36. The van der Waals surface area contributed by atoms with Gasteiger partial charge in [0.1, 0.15) is 5.82 Å². The normalized spacial score (nSPS) is 21.5. The quantitative estimate of drug-likeness (QED) is 0.878. The van der Waals surface area contributed by atoms with Crippen LogP contribution in [0.1, 0.15) is 35.4 Å². The van der Waals surface area contributed by atoms with Crippen LogP contribution in [0.3, 0.4) is 0 Å². The van der Waals surface area contributed by atoms with Crippen molar-refractivity contribution in [2.24, 2.45) is 0 Å². The smallest absolute Gasteiger partial charge is 0.126 e. The van der Waals surface area contributed by atoms with Crippen LogP contribution in [0.5, 0.6) is 0 Å². The van der Waals surface area contributed by atoms with Crippen LogP contribution in [-0.4, -0.2) is 6.04 Å². The molecule has 2 heteroatoms. The Hall–Kier alpha value is -1.67. The molecule has 1 aliphatic carbocycles. The largest absolute Gasteiger partial charge is 0.310 e. The Bertz CT molecular complexity index is 587. The summed E-state index contributed by atoms with van der Waals surface area (Å²) in [7, 11) is 0. The number of hydrogen-bond donors (Lipinski definition) is 1. The van der Waals surface area contributed by atoms with Gasteiger partial charge < -0.3 is 5.32 Å². The lowest BCUT2D eigenvalue weighted by Crippen LogP contribution is -2.39. The molecule has 104 valence electrons. The van der Waals surface area contributed by atoms with Gasteiger partial charge in [0.25, 0.3) is 0 Å². The minimum atomic E-state index is -0.0605. The third-order valence-electron chi connectivity index (χ3n) is 4.16. The van der Waals surface area contributed by atoms with Gasteiger partial charge in [-0.05, 0) is 42.9 Å². The molecule has 1 saturated carbocycles. The molecule has 0 saturated heterocycles. The second-order valence-electron chi connectivity index (χ2n) is 5.76. The summed E-state index contributed by atoms with van der Waals surface area (Å²) in [5.41, 5.74) is 3.49. The molecular weight excluding hydrogens is 249 g/mol. The second kappa shape index (κ2) is 5.76. The van der Waals surface area contributed by atoms with E-state index >= 15 is 0 Å². The molecule has 0 heterocycles. The second-order valence-corrected chi connectivity index (χ2v) is 5.76. The van der Waals surface area contributed by atoms with Crippen molar-refractivity contribution in [2.75, 3.05) is 0 Å². The number of nitrogens with one attached hydrogen (secondary N) is 1. The molecule has 0 spiro atoms. The first-order chi connectivity index (χ1) is 9.72. The maximum absolute atomic E-state index is 13.7. The molecule has 0 atom stereocenters. The molecule has 2 aromatic carbocycles. The number of hydrogen-bond acceptors (Lipinski definition) is 1. The van der Waals surface area contributed by atoms with Crippen LogP contribution in [-0.2, 0) is 6.54 Å². The molecule has 1 fully saturated rings. The van der Waals surface area contributed by atoms with Gasteiger partial charge in [-0.3, -0.25) is 0 Å². The summed E-state index contributed by atoms with van der Waals surface area (Å²) >= 11 is 0. The monoisotopic (exact) mass is 269 g/mol. The van der Waals surface area contributed by atoms with E-state index in [1.165, 1.54) is 11.1 Å². The molecule has 1 nitrogen and oxygen atoms in total. The van der Waals surface area contributed by atoms with Crippen molar-refractivity contribution in [3.8, 4) is 0 Å². The summed E-state index contributed by atoms with van der Waals surface area (Å²) in [6.45, 7) is 3.01. The van der Waals surface area contributed by atoms with Crippen molar-refractivity contribution in [3.05, 3.63) is 71.0 Å². The summed E-state index contributed by atoms with van der Waals surface area (Å²) in [5, 5.41) is 3.56. The minimum Gasteiger partial charge on any atom is -0.310 e. The molecular formula is C18H20FN. The van der Waals surface area contributed by atoms with E-state index in [1.54, 1.807) is 12.1 Å². The van der Waals surface area contributed by atoms with E-state index < -0.39 is 0 Å². The van der Waals surface area contributed by atoms with Crippen LogP contribution >= 0.6 is 0 Å². The first kappa shape index (κ1) is 13.3. The van der Waals surface area contributed by atoms with Gasteiger partial charge in [0, 0.05) is 12.6 Å². The highest BCUT2D eigenvalue weighted by Gasteiger charge is 2.31. The standard InChI is InChI=1S/C18H20FN/c1-13-5-4-6-14(9-13)12-20-16-10-15(11-16)17-7-2-3-8-18(17)19/h2-9,15-16,20H,10-12H2,1H3. The molecule has 20 heavy (non-hydrogen) atoms. The molecule has 0 bridgehead atoms. The van der Waals surface area contributed by atoms with Crippen molar-refractivity contribution in [3.63, 3.8) is 0 Å². The first-order valence-corrected chi connectivity index (χ1v) is 7.26. The average molecular weight is 269 g/mol. The van der Waals surface area contributed by atoms with E-state index in [-0.39, 0.29) is 5.82 Å². The molecule has 3 rings (SSSR count). The number of halogens is 1. The van der Waals surface area contributed by atoms with Crippen LogP contribution < -0.4 is 5.32 Å². The fourth-order valence-electron chi connectivity index (χ4n) is 2.93. The predicted octanol–water partition coefficient (Wildman–Crippen LogP) is 4.17. The van der Waals surface area contributed by atoms with E-state index in [0.717, 1.165) is 24.9 Å². The van der Waals surface area contributed by atoms with E-state index in [9.17, 15) is 4.39 Å². The summed E-state index contributed by atoms with van der Waals surface area (Å²) in [6.07, 6.45) is 2.07. The highest BCUT2D eigenvalue weighted by molar-refractivity contribution is 5.25. The topological polar surface area (TPSA) is 12.0 Å². The van der Waals surface area contributed by atoms with Crippen LogP contribution in [0, 0.1) is 12.7 Å². The number of rotatable bonds is 4. The van der Waals surface area contributed by atoms with Crippen LogP contribution in [0.4, 0.5) is 4.39 Å². The zero-order valence-corrected chi connectivity index (χ0v) is 11.8. The van der Waals surface area contributed by atoms with Gasteiger partial charge in [-0.15, -0.1) is 0 Å². The zero-order valence-electron chi connectivity index (χ0n) is 11.8. The summed E-state index contributed by atoms with van der Waals surface area (Å²) in [5.74, 6) is 0.320. The molecule has 1 aliphatic rings. The Morgan fingerprint density at radius 1 is 1.10 bits per heavy atom. The van der Waals surface area contributed by atoms with Gasteiger partial charge in [-0.1, -0.05) is 48.0 Å². The summed E-state index contributed by atoms with van der Waals surface area (Å²) in [4.78, 5) is 0. The van der Waals surface area contributed by atoms with Gasteiger partial charge in [0.15, 0.2) is 0 Å². The van der Waals surface area contributed by atoms with E-state index in [1.807, 2.05) is 12.1 Å². The van der Waals surface area contributed by atoms with Crippen molar-refractivity contribution in [1.29, 1.82) is 0 Å². The Labute approximate surface area is 119 Å². The number of benzene rings is 2. The lowest BCUT2D eigenvalue weighted by molar-refractivity contribution is 0.284. The lowest BCUT2D eigenvalue weighted by atomic mass is 9.75. The van der Waals surface area contributed by atoms with Gasteiger partial charge in [0.2, 0.25) is 0 Å². The van der Waals surface area contributed by atoms with Gasteiger partial charge >= 0.3 is 0 Å². The molecule has 1 N–H and O–H groups in total. The molecule has 0 radical (unpaired) electrons. The molecule has 0 unspecified atom stereocenters. The van der Waals surface area contributed by atoms with E-state index in [0.29, 0.717) is 12.0 Å². The van der Waals surface area contributed by atoms with Gasteiger partial charge in [-0.2, -0.15) is 0 Å². The fourth-order valence-corrected chi connectivity index (χ4v) is 2.93. The van der Waals surface area contributed by atoms with Crippen LogP contribution in [0.2, 0.25) is 0 Å². The molecule has 0 amide bonds. The third-order valence-corrected chi connectivity index (χ3v) is 4.16. The molecule has 0 aromatic heterocycles. The fraction of sp³-hybridized carbons (Fsp3) is 0.333. The summed E-state index contributed by atoms with van der Waals surface area (Å²) in [6, 6.07) is 16.2. The molecule has 0 aliphatic heterocycles. The van der Waals surface area contributed by atoms with Crippen molar-refractivity contribution in [1.82, 2.24) is 5.32 Å². The van der Waals surface area contributed by atoms with Gasteiger partial charge in [0.05, 0.1) is 0 Å². The van der Waals surface area contributed by atoms with Gasteiger partial charge in [-0.25, -0.2) is 4.39 Å². The Morgan fingerprint density at radius 2 is 1.90 bits per heavy atom. The van der Waals surface area contributed by atoms with Crippen molar-refractivity contribution >= 4 is 0 Å². The van der Waals surface area contributed by atoms with Crippen LogP contribution in [0.15, 0.2) is 48.5 Å². The van der Waals surface area contributed by atoms with Crippen molar-refractivity contribution in [2.45, 2.75) is 38.3 Å². The Balaban J connectivity index is 1.50. The predicted molar refractivity (Wildman–Crippen MR) is 80.2 cm³/mol. The zero-order chi connectivity index (χ0) is 13.9. The maximum Gasteiger partial charge on any atom is 0.126 e. The average Bonchev–Trinajstić information content (AvgIpc) is 2.39. The van der Waals surface area contributed by atoms with E-state index in [4.69, 9.17) is 0 Å². The maximum atomic E-state index is 13.7. The molecule has 2 aromatic rings. The highest BCUT2D eigenvalue weighted by atomic mass is 19.1. The minimum absolute atomic E-state index is 0.0605. The summed E-state index contributed by atoms with van der Waals surface area (Å²) < 4.78 is 13.7.